The van der Waals surface area contributed by atoms with Gasteiger partial charge in [-0.2, -0.15) is 34.6 Å². The van der Waals surface area contributed by atoms with E-state index in [2.05, 4.69) is 24.5 Å². The summed E-state index contributed by atoms with van der Waals surface area (Å²) >= 11 is 0.833. The Kier molecular flexibility index (Phi) is 121. The van der Waals surface area contributed by atoms with Crippen LogP contribution in [0, 0.1) is 10.8 Å². The van der Waals surface area contributed by atoms with E-state index in [-0.39, 0.29) is 0 Å². The number of rotatable bonds is 1. The molecule has 0 unspecified atom stereocenters. The van der Waals surface area contributed by atoms with Gasteiger partial charge in [0.2, 0.25) is 0 Å². The molecule has 0 fully saturated rings. The minimum atomic E-state index is 0.833. The van der Waals surface area contributed by atoms with Crippen molar-refractivity contribution in [1.29, 1.82) is 3.91 Å². The van der Waals surface area contributed by atoms with Gasteiger partial charge in [0, 0.05) is 0 Å². The Bertz CT molecular complexity index is 33.5. The molecular formula is C8H22N3W-3. The molecule has 0 aliphatic heterocycles. The molecule has 0 aromatic carbocycles. The zero-order valence-corrected chi connectivity index (χ0v) is 11.9. The zero-order valence-electron chi connectivity index (χ0n) is 8.92. The fraction of sp³-hybridized carbons (Fsp3) is 0.875. The second-order valence-corrected chi connectivity index (χ2v) is 1.75. The Morgan fingerprint density at radius 3 is 1.17 bits per heavy atom. The molecular weight excluding hydrogens is 322 g/mol. The molecule has 0 saturated heterocycles. The Morgan fingerprint density at radius 2 is 1.17 bits per heavy atom. The molecule has 12 heavy (non-hydrogen) atoms. The van der Waals surface area contributed by atoms with Gasteiger partial charge in [-0.3, -0.25) is 0 Å². The number of unbranched alkanes of at least 4 members (excludes halogenated alkanes) is 1. The Balaban J connectivity index is -0.0000000368. The molecule has 0 aliphatic carbocycles. The number of hydrogen-bond donors (Lipinski definition) is 1. The first kappa shape index (κ1) is 22.8. The summed E-state index contributed by atoms with van der Waals surface area (Å²) in [6, 6.07) is 0. The molecule has 0 heterocycles. The van der Waals surface area contributed by atoms with Crippen LogP contribution in [0.4, 0.5) is 0 Å². The first-order chi connectivity index (χ1) is 5.74. The molecule has 0 bridgehead atoms. The van der Waals surface area contributed by atoms with Crippen molar-refractivity contribution in [1.82, 2.24) is 0 Å². The monoisotopic (exact) mass is 344 g/mol. The third kappa shape index (κ3) is 465. The van der Waals surface area contributed by atoms with Crippen molar-refractivity contribution in [2.45, 2.75) is 19.8 Å². The van der Waals surface area contributed by atoms with Crippen LogP contribution in [-0.4, -0.2) is 28.2 Å². The van der Waals surface area contributed by atoms with Gasteiger partial charge in [-0.25, -0.2) is 0 Å². The summed E-state index contributed by atoms with van der Waals surface area (Å²) in [5.74, 6) is 0. The third-order valence-corrected chi connectivity index (χ3v) is 0.354. The van der Waals surface area contributed by atoms with Gasteiger partial charge in [-0.05, 0) is 0 Å². The van der Waals surface area contributed by atoms with E-state index in [1.54, 1.807) is 28.2 Å². The topological polar surface area (TPSA) is 52.1 Å². The van der Waals surface area contributed by atoms with Crippen LogP contribution in [0.3, 0.4) is 0 Å². The summed E-state index contributed by atoms with van der Waals surface area (Å²) in [5, 5.41) is 7.00. The molecule has 0 aromatic rings. The van der Waals surface area contributed by atoms with Crippen LogP contribution in [-0.2, 0) is 19.6 Å². The molecule has 3 nitrogen and oxygen atoms in total. The molecule has 1 N–H and O–H groups in total. The van der Waals surface area contributed by atoms with Gasteiger partial charge >= 0.3 is 23.5 Å². The molecule has 0 atom stereocenters. The zero-order chi connectivity index (χ0) is 10.8. The first-order valence-electron chi connectivity index (χ1n) is 3.70. The predicted molar refractivity (Wildman–Crippen MR) is 53.4 cm³/mol. The Morgan fingerprint density at radius 1 is 1.08 bits per heavy atom. The van der Waals surface area contributed by atoms with Crippen molar-refractivity contribution in [3.8, 4) is 0 Å². The van der Waals surface area contributed by atoms with E-state index in [0.29, 0.717) is 0 Å². The Labute approximate surface area is 89.3 Å². The van der Waals surface area contributed by atoms with E-state index >= 15 is 0 Å². The SMILES string of the molecule is C[N-]C.C[N-]C.[CH2-]CCC.[NH]=[W]. The van der Waals surface area contributed by atoms with Gasteiger partial charge < -0.3 is 17.6 Å². The van der Waals surface area contributed by atoms with Crippen LogP contribution < -0.4 is 0 Å². The maximum absolute atomic E-state index is 5.83. The summed E-state index contributed by atoms with van der Waals surface area (Å²) in [7, 11) is 7.00. The van der Waals surface area contributed by atoms with Crippen LogP contribution in [0.1, 0.15) is 19.8 Å². The second-order valence-electron chi connectivity index (χ2n) is 1.75. The van der Waals surface area contributed by atoms with Gasteiger partial charge in [-0.15, -0.1) is 0 Å². The van der Waals surface area contributed by atoms with Crippen LogP contribution in [0.15, 0.2) is 0 Å². The standard InChI is InChI=1S/C4H9.2C2H6N.HN.W/c1-3-4-2;2*1-3-2;;/h1,3-4H2,2H3;2*1-2H3;1H;/q3*-1;;. The molecule has 0 spiro atoms. The molecule has 78 valence electrons. The van der Waals surface area contributed by atoms with Crippen molar-refractivity contribution < 1.29 is 19.6 Å². The summed E-state index contributed by atoms with van der Waals surface area (Å²) in [6.07, 6.45) is 2.28. The van der Waals surface area contributed by atoms with Crippen LogP contribution in [0.5, 0.6) is 0 Å². The fourth-order valence-electron chi connectivity index (χ4n) is 0. The summed E-state index contributed by atoms with van der Waals surface area (Å²) in [5.41, 5.74) is 0. The second kappa shape index (κ2) is 63.6. The van der Waals surface area contributed by atoms with E-state index in [0.717, 1.165) is 26.1 Å². The van der Waals surface area contributed by atoms with Gasteiger partial charge in [-0.1, -0.05) is 13.3 Å². The Hall–Kier alpha value is 0.408. The molecule has 0 aromatic heterocycles. The van der Waals surface area contributed by atoms with Crippen LogP contribution in [0.2, 0.25) is 0 Å². The first-order valence-corrected chi connectivity index (χ1v) is 5.17. The van der Waals surface area contributed by atoms with E-state index in [9.17, 15) is 0 Å². The summed E-state index contributed by atoms with van der Waals surface area (Å²) < 4.78 is 5.83. The van der Waals surface area contributed by atoms with Crippen molar-refractivity contribution in [3.05, 3.63) is 17.6 Å². The van der Waals surface area contributed by atoms with E-state index in [1.807, 2.05) is 0 Å². The van der Waals surface area contributed by atoms with Crippen molar-refractivity contribution in [3.63, 3.8) is 0 Å². The molecule has 0 aliphatic rings. The van der Waals surface area contributed by atoms with Gasteiger partial charge in [0.25, 0.3) is 0 Å². The predicted octanol–water partition coefficient (Wildman–Crippen LogP) is 3.16. The molecule has 0 radical (unpaired) electrons. The van der Waals surface area contributed by atoms with E-state index in [1.165, 1.54) is 6.42 Å². The van der Waals surface area contributed by atoms with Crippen molar-refractivity contribution in [2.24, 2.45) is 0 Å². The summed E-state index contributed by atoms with van der Waals surface area (Å²) in [6.45, 7) is 5.72. The molecule has 0 saturated carbocycles. The van der Waals surface area contributed by atoms with Crippen LogP contribution in [0.25, 0.3) is 10.6 Å². The minimum absolute atomic E-state index is 0.833. The number of nitrogens with zero attached hydrogens (tertiary/aromatic N) is 2. The third-order valence-electron chi connectivity index (χ3n) is 0.354. The maximum atomic E-state index is 5.83. The average molecular weight is 344 g/mol. The average Bonchev–Trinajstić information content (AvgIpc) is 2.10. The van der Waals surface area contributed by atoms with Gasteiger partial charge in [0.15, 0.2) is 0 Å². The van der Waals surface area contributed by atoms with Crippen molar-refractivity contribution in [2.75, 3.05) is 28.2 Å². The normalized spacial score (nSPS) is 5.83. The quantitative estimate of drug-likeness (QED) is 0.711. The van der Waals surface area contributed by atoms with E-state index < -0.39 is 0 Å². The number of nitrogens with one attached hydrogen (secondary N) is 1. The van der Waals surface area contributed by atoms with Crippen molar-refractivity contribution >= 4 is 0 Å². The van der Waals surface area contributed by atoms with E-state index in [4.69, 9.17) is 3.91 Å². The molecule has 4 heteroatoms. The summed E-state index contributed by atoms with van der Waals surface area (Å²) in [4.78, 5) is 0. The number of hydrogen-bond acceptors (Lipinski definition) is 1. The van der Waals surface area contributed by atoms with Gasteiger partial charge in [0.1, 0.15) is 0 Å². The molecule has 0 amide bonds. The molecule has 0 rings (SSSR count). The van der Waals surface area contributed by atoms with Gasteiger partial charge in [0.05, 0.1) is 0 Å². The van der Waals surface area contributed by atoms with Crippen LogP contribution >= 0.6 is 0 Å². The fourth-order valence-corrected chi connectivity index (χ4v) is 0.